The minimum absolute atomic E-state index is 0.0630. The number of sulfonamides is 1. The van der Waals surface area contributed by atoms with Crippen LogP contribution in [-0.2, 0) is 16.6 Å². The van der Waals surface area contributed by atoms with Crippen LogP contribution in [0.2, 0.25) is 0 Å². The lowest BCUT2D eigenvalue weighted by Gasteiger charge is -2.38. The Balaban J connectivity index is 1.70. The number of nitrogens with zero attached hydrogens (tertiary/aromatic N) is 3. The lowest BCUT2D eigenvalue weighted by molar-refractivity contribution is 0.0344. The van der Waals surface area contributed by atoms with Crippen molar-refractivity contribution in [3.8, 4) is 11.5 Å². The van der Waals surface area contributed by atoms with E-state index in [1.54, 1.807) is 44.1 Å². The fourth-order valence-electron chi connectivity index (χ4n) is 5.01. The van der Waals surface area contributed by atoms with E-state index in [0.29, 0.717) is 19.6 Å². The number of aliphatic hydroxyl groups is 1. The molecule has 0 fully saturated rings. The number of likely N-dealkylation sites (N-methyl/N-ethyl adjacent to an activating group) is 1. The number of aryl methyl sites for hydroxylation is 2. The van der Waals surface area contributed by atoms with Gasteiger partial charge in [0.1, 0.15) is 17.5 Å². The molecule has 3 aromatic rings. The van der Waals surface area contributed by atoms with Gasteiger partial charge in [-0.1, -0.05) is 30.3 Å². The number of rotatable bonds is 10. The normalized spacial score (nSPS) is 18.3. The average molecular weight is 587 g/mol. The molecule has 3 atom stereocenters. The number of nitrogens with one attached hydrogen (secondary N) is 1. The summed E-state index contributed by atoms with van der Waals surface area (Å²) >= 11 is 0. The number of ether oxygens (including phenoxy) is 2. The van der Waals surface area contributed by atoms with E-state index in [0.717, 1.165) is 11.3 Å². The van der Waals surface area contributed by atoms with Crippen molar-refractivity contribution < 1.29 is 32.3 Å². The Morgan fingerprint density at radius 3 is 2.54 bits per heavy atom. The number of aliphatic hydroxyl groups excluding tert-OH is 1. The summed E-state index contributed by atoms with van der Waals surface area (Å²) in [5, 5.41) is 13.7. The highest BCUT2D eigenvalue weighted by Crippen LogP contribution is 2.36. The van der Waals surface area contributed by atoms with Gasteiger partial charge in [-0.3, -0.25) is 14.4 Å². The second kappa shape index (κ2) is 12.5. The molecule has 0 unspecified atom stereocenters. The topological polar surface area (TPSA) is 134 Å². The zero-order valence-corrected chi connectivity index (χ0v) is 25.1. The molecule has 12 heteroatoms. The molecule has 0 spiro atoms. The van der Waals surface area contributed by atoms with Crippen molar-refractivity contribution in [2.75, 3.05) is 38.6 Å². The van der Waals surface area contributed by atoms with Crippen LogP contribution in [0.4, 0.5) is 5.69 Å². The first-order chi connectivity index (χ1) is 19.4. The summed E-state index contributed by atoms with van der Waals surface area (Å²) in [5.74, 6) is 0.570. The number of carbonyl (C=O) groups excluding carboxylic acids is 1. The number of benzene rings is 2. The molecule has 41 heavy (non-hydrogen) atoms. The number of aromatic nitrogens is 1. The summed E-state index contributed by atoms with van der Waals surface area (Å²) in [6.45, 7) is 8.11. The van der Waals surface area contributed by atoms with Crippen LogP contribution < -0.4 is 14.2 Å². The first-order valence-electron chi connectivity index (χ1n) is 13.4. The maximum absolute atomic E-state index is 13.7. The van der Waals surface area contributed by atoms with Crippen molar-refractivity contribution in [1.29, 1.82) is 0 Å². The summed E-state index contributed by atoms with van der Waals surface area (Å²) in [6, 6.07) is 12.1. The number of para-hydroxylation sites is 1. The van der Waals surface area contributed by atoms with Gasteiger partial charge in [-0.05, 0) is 57.6 Å². The zero-order valence-electron chi connectivity index (χ0n) is 24.2. The maximum Gasteiger partial charge on any atom is 0.267 e. The first-order valence-corrected chi connectivity index (χ1v) is 14.9. The van der Waals surface area contributed by atoms with Crippen molar-refractivity contribution in [2.24, 2.45) is 5.92 Å². The van der Waals surface area contributed by atoms with Crippen LogP contribution in [0.15, 0.2) is 51.9 Å². The van der Waals surface area contributed by atoms with Crippen LogP contribution in [0.1, 0.15) is 41.2 Å². The monoisotopic (exact) mass is 586 g/mol. The van der Waals surface area contributed by atoms with E-state index in [4.69, 9.17) is 14.0 Å². The molecule has 11 nitrogen and oxygen atoms in total. The lowest BCUT2D eigenvalue weighted by atomic mass is 9.99. The molecule has 4 rings (SSSR count). The van der Waals surface area contributed by atoms with Crippen LogP contribution in [-0.4, -0.2) is 80.4 Å². The molecular formula is C29H38N4O7S. The molecule has 2 heterocycles. The minimum atomic E-state index is -4.11. The number of amides is 1. The third kappa shape index (κ3) is 6.66. The van der Waals surface area contributed by atoms with E-state index in [-0.39, 0.29) is 51.8 Å². The summed E-state index contributed by atoms with van der Waals surface area (Å²) in [5.41, 5.74) is 1.65. The summed E-state index contributed by atoms with van der Waals surface area (Å²) in [6.07, 6.45) is -0.414. The van der Waals surface area contributed by atoms with E-state index >= 15 is 0 Å². The molecule has 2 N–H and O–H groups in total. The molecule has 2 aromatic carbocycles. The van der Waals surface area contributed by atoms with E-state index in [1.165, 1.54) is 6.92 Å². The molecular weight excluding hydrogens is 548 g/mol. The van der Waals surface area contributed by atoms with Crippen LogP contribution >= 0.6 is 0 Å². The molecule has 0 bridgehead atoms. The molecule has 0 saturated heterocycles. The number of carbonyl (C=O) groups is 1. The molecule has 0 aliphatic carbocycles. The van der Waals surface area contributed by atoms with Crippen LogP contribution in [0, 0.1) is 19.8 Å². The van der Waals surface area contributed by atoms with E-state index < -0.39 is 22.2 Å². The largest absolute Gasteiger partial charge is 0.497 e. The maximum atomic E-state index is 13.7. The zero-order chi connectivity index (χ0) is 29.9. The summed E-state index contributed by atoms with van der Waals surface area (Å²) in [7, 11) is -0.507. The SMILES string of the molecule is COc1ccc(CN(C)C[C@@H]2Oc3c(NS(=O)(=O)c4c(C)noc4C)cccc3C(=O)N([C@H](C)CO)C[C@@H]2C)cc1. The third-order valence-electron chi connectivity index (χ3n) is 7.28. The van der Waals surface area contributed by atoms with E-state index in [2.05, 4.69) is 14.8 Å². The van der Waals surface area contributed by atoms with Crippen LogP contribution in [0.5, 0.6) is 11.5 Å². The van der Waals surface area contributed by atoms with Gasteiger partial charge in [0.25, 0.3) is 15.9 Å². The third-order valence-corrected chi connectivity index (χ3v) is 8.88. The lowest BCUT2D eigenvalue weighted by Crippen LogP contribution is -2.49. The smallest absolute Gasteiger partial charge is 0.267 e. The predicted octanol–water partition coefficient (Wildman–Crippen LogP) is 3.45. The molecule has 222 valence electrons. The Morgan fingerprint density at radius 1 is 1.22 bits per heavy atom. The fraction of sp³-hybridized carbons (Fsp3) is 0.448. The van der Waals surface area contributed by atoms with Crippen LogP contribution in [0.25, 0.3) is 0 Å². The van der Waals surface area contributed by atoms with Gasteiger partial charge >= 0.3 is 0 Å². The Kier molecular flexibility index (Phi) is 9.25. The second-order valence-corrected chi connectivity index (χ2v) is 12.2. The Morgan fingerprint density at radius 2 is 1.93 bits per heavy atom. The number of hydrogen-bond acceptors (Lipinski definition) is 9. The standard InChI is InChI=1S/C29H38N4O7S/c1-18-14-33(19(2)17-34)29(35)24-8-7-9-25(31-41(36,37)28-20(3)30-40-21(28)4)27(24)39-26(18)16-32(5)15-22-10-12-23(38-6)13-11-22/h7-13,18-19,26,31,34H,14-17H2,1-6H3/t18-,19+,26-/m0/s1. The van der Waals surface area contributed by atoms with Gasteiger partial charge in [-0.25, -0.2) is 8.42 Å². The van der Waals surface area contributed by atoms with E-state index in [9.17, 15) is 18.3 Å². The van der Waals surface area contributed by atoms with Gasteiger partial charge in [-0.2, -0.15) is 0 Å². The number of anilines is 1. The van der Waals surface area contributed by atoms with Gasteiger partial charge in [-0.15, -0.1) is 0 Å². The Hall–Kier alpha value is -3.61. The van der Waals surface area contributed by atoms with Crippen molar-refractivity contribution in [3.05, 3.63) is 65.0 Å². The van der Waals surface area contributed by atoms with Gasteiger partial charge < -0.3 is 24.0 Å². The first kappa shape index (κ1) is 30.4. The fourth-order valence-corrected chi connectivity index (χ4v) is 6.40. The van der Waals surface area contributed by atoms with Crippen molar-refractivity contribution in [3.63, 3.8) is 0 Å². The predicted molar refractivity (Wildman–Crippen MR) is 154 cm³/mol. The molecule has 1 aliphatic rings. The molecule has 1 amide bonds. The van der Waals surface area contributed by atoms with Gasteiger partial charge in [0, 0.05) is 25.6 Å². The number of hydrogen-bond donors (Lipinski definition) is 2. The molecule has 0 radical (unpaired) electrons. The molecule has 1 aromatic heterocycles. The second-order valence-electron chi connectivity index (χ2n) is 10.6. The van der Waals surface area contributed by atoms with Crippen LogP contribution in [0.3, 0.4) is 0 Å². The molecule has 0 saturated carbocycles. The van der Waals surface area contributed by atoms with Gasteiger partial charge in [0.15, 0.2) is 16.4 Å². The Bertz CT molecular complexity index is 1450. The van der Waals surface area contributed by atoms with Crippen molar-refractivity contribution >= 4 is 21.6 Å². The minimum Gasteiger partial charge on any atom is -0.497 e. The van der Waals surface area contributed by atoms with Crippen molar-refractivity contribution in [1.82, 2.24) is 15.0 Å². The highest BCUT2D eigenvalue weighted by Gasteiger charge is 2.35. The van der Waals surface area contributed by atoms with E-state index in [1.807, 2.05) is 38.2 Å². The number of fused-ring (bicyclic) bond motifs is 1. The highest BCUT2D eigenvalue weighted by atomic mass is 32.2. The summed E-state index contributed by atoms with van der Waals surface area (Å²) < 4.78 is 46.3. The Labute approximate surface area is 241 Å². The van der Waals surface area contributed by atoms with Gasteiger partial charge in [0.05, 0.1) is 31.0 Å². The molecule has 1 aliphatic heterocycles. The van der Waals surface area contributed by atoms with Gasteiger partial charge in [0.2, 0.25) is 0 Å². The quantitative estimate of drug-likeness (QED) is 0.366. The summed E-state index contributed by atoms with van der Waals surface area (Å²) in [4.78, 5) is 17.4. The average Bonchev–Trinajstić information content (AvgIpc) is 3.29. The number of methoxy groups -OCH3 is 1. The van der Waals surface area contributed by atoms with Crippen molar-refractivity contribution in [2.45, 2.75) is 51.3 Å². The highest BCUT2D eigenvalue weighted by molar-refractivity contribution is 7.92.